The van der Waals surface area contributed by atoms with Crippen LogP contribution < -0.4 is 5.32 Å². The highest BCUT2D eigenvalue weighted by molar-refractivity contribution is 6.39. The zero-order chi connectivity index (χ0) is 14.0. The Morgan fingerprint density at radius 3 is 2.84 bits per heavy atom. The lowest BCUT2D eigenvalue weighted by molar-refractivity contribution is -0.142. The van der Waals surface area contributed by atoms with Crippen molar-refractivity contribution < 1.29 is 19.1 Å². The SMILES string of the molecule is O=C(Nc1cccc(Cl)c1F)C(=O)N1CC[C@@H](O)C1. The van der Waals surface area contributed by atoms with Crippen LogP contribution in [-0.2, 0) is 9.59 Å². The van der Waals surface area contributed by atoms with Crippen LogP contribution in [-0.4, -0.2) is 41.0 Å². The Balaban J connectivity index is 2.05. The average Bonchev–Trinajstić information content (AvgIpc) is 2.80. The van der Waals surface area contributed by atoms with E-state index in [2.05, 4.69) is 5.32 Å². The van der Waals surface area contributed by atoms with Gasteiger partial charge < -0.3 is 15.3 Å². The van der Waals surface area contributed by atoms with Gasteiger partial charge in [-0.3, -0.25) is 9.59 Å². The van der Waals surface area contributed by atoms with Gasteiger partial charge in [-0.2, -0.15) is 0 Å². The normalized spacial score (nSPS) is 18.5. The lowest BCUT2D eigenvalue weighted by Gasteiger charge is -2.15. The number of nitrogens with one attached hydrogen (secondary N) is 1. The van der Waals surface area contributed by atoms with Crippen LogP contribution in [0.3, 0.4) is 0 Å². The Hall–Kier alpha value is -1.66. The zero-order valence-electron chi connectivity index (χ0n) is 9.90. The Bertz CT molecular complexity index is 524. The zero-order valence-corrected chi connectivity index (χ0v) is 10.7. The van der Waals surface area contributed by atoms with Crippen LogP contribution in [0.2, 0.25) is 5.02 Å². The van der Waals surface area contributed by atoms with Gasteiger partial charge in [0.15, 0.2) is 5.82 Å². The second kappa shape index (κ2) is 5.54. The predicted molar refractivity (Wildman–Crippen MR) is 67.2 cm³/mol. The van der Waals surface area contributed by atoms with E-state index in [0.29, 0.717) is 13.0 Å². The lowest BCUT2D eigenvalue weighted by Crippen LogP contribution is -2.38. The molecule has 1 aliphatic rings. The molecule has 0 radical (unpaired) electrons. The number of likely N-dealkylation sites (tertiary alicyclic amines) is 1. The number of carbonyl (C=O) groups is 2. The van der Waals surface area contributed by atoms with Crippen LogP contribution in [0.15, 0.2) is 18.2 Å². The van der Waals surface area contributed by atoms with Crippen LogP contribution in [0.1, 0.15) is 6.42 Å². The number of aliphatic hydroxyl groups excluding tert-OH is 1. The van der Waals surface area contributed by atoms with Crippen molar-refractivity contribution in [1.29, 1.82) is 0 Å². The molecular formula is C12H12ClFN2O3. The Morgan fingerprint density at radius 1 is 1.47 bits per heavy atom. The first-order valence-electron chi connectivity index (χ1n) is 5.71. The summed E-state index contributed by atoms with van der Waals surface area (Å²) in [5.74, 6) is -2.53. The number of benzene rings is 1. The number of nitrogens with zero attached hydrogens (tertiary/aromatic N) is 1. The molecule has 2 amide bonds. The van der Waals surface area contributed by atoms with Crippen molar-refractivity contribution in [1.82, 2.24) is 4.90 Å². The van der Waals surface area contributed by atoms with Crippen molar-refractivity contribution >= 4 is 29.1 Å². The van der Waals surface area contributed by atoms with E-state index in [-0.39, 0.29) is 17.3 Å². The Labute approximate surface area is 114 Å². The predicted octanol–water partition coefficient (Wildman–Crippen LogP) is 1.01. The summed E-state index contributed by atoms with van der Waals surface area (Å²) in [4.78, 5) is 24.6. The fourth-order valence-electron chi connectivity index (χ4n) is 1.85. The highest BCUT2D eigenvalue weighted by atomic mass is 35.5. The molecular weight excluding hydrogens is 275 g/mol. The molecule has 0 saturated carbocycles. The van der Waals surface area contributed by atoms with E-state index >= 15 is 0 Å². The molecule has 0 bridgehead atoms. The summed E-state index contributed by atoms with van der Waals surface area (Å²) in [7, 11) is 0. The number of hydrogen-bond acceptors (Lipinski definition) is 3. The molecule has 1 atom stereocenters. The molecule has 2 rings (SSSR count). The number of aliphatic hydroxyl groups is 1. The molecule has 102 valence electrons. The van der Waals surface area contributed by atoms with Gasteiger partial charge in [0.05, 0.1) is 16.8 Å². The number of rotatable bonds is 1. The molecule has 1 heterocycles. The van der Waals surface area contributed by atoms with Gasteiger partial charge in [0.2, 0.25) is 0 Å². The maximum atomic E-state index is 13.6. The molecule has 5 nitrogen and oxygen atoms in total. The highest BCUT2D eigenvalue weighted by Crippen LogP contribution is 2.22. The molecule has 1 saturated heterocycles. The maximum Gasteiger partial charge on any atom is 0.313 e. The van der Waals surface area contributed by atoms with Crippen molar-refractivity contribution in [3.8, 4) is 0 Å². The third kappa shape index (κ3) is 3.02. The number of halogens is 2. The molecule has 1 aliphatic heterocycles. The summed E-state index contributed by atoms with van der Waals surface area (Å²) >= 11 is 5.57. The lowest BCUT2D eigenvalue weighted by atomic mass is 10.3. The van der Waals surface area contributed by atoms with E-state index in [4.69, 9.17) is 11.6 Å². The van der Waals surface area contributed by atoms with E-state index in [1.165, 1.54) is 23.1 Å². The first-order valence-corrected chi connectivity index (χ1v) is 6.09. The molecule has 1 fully saturated rings. The van der Waals surface area contributed by atoms with Crippen molar-refractivity contribution in [3.05, 3.63) is 29.0 Å². The van der Waals surface area contributed by atoms with Crippen LogP contribution >= 0.6 is 11.6 Å². The standard InChI is InChI=1S/C12H12ClFN2O3/c13-8-2-1-3-9(10(8)14)15-11(18)12(19)16-5-4-7(17)6-16/h1-3,7,17H,4-6H2,(H,15,18)/t7-/m1/s1. The number of β-amino-alcohol motifs (C(OH)–C–C–N with tert-alkyl or cyclic N) is 1. The van der Waals surface area contributed by atoms with Gasteiger partial charge in [-0.05, 0) is 18.6 Å². The average molecular weight is 287 g/mol. The van der Waals surface area contributed by atoms with E-state index in [1.54, 1.807) is 0 Å². The van der Waals surface area contributed by atoms with E-state index in [1.807, 2.05) is 0 Å². The molecule has 19 heavy (non-hydrogen) atoms. The van der Waals surface area contributed by atoms with E-state index in [9.17, 15) is 19.1 Å². The first kappa shape index (κ1) is 13.8. The van der Waals surface area contributed by atoms with Gasteiger partial charge in [-0.15, -0.1) is 0 Å². The van der Waals surface area contributed by atoms with E-state index in [0.717, 1.165) is 0 Å². The van der Waals surface area contributed by atoms with E-state index < -0.39 is 23.7 Å². The summed E-state index contributed by atoms with van der Waals surface area (Å²) in [5.41, 5.74) is -0.148. The van der Waals surface area contributed by atoms with Gasteiger partial charge in [0, 0.05) is 13.1 Å². The summed E-state index contributed by atoms with van der Waals surface area (Å²) in [5, 5.41) is 11.3. The smallest absolute Gasteiger partial charge is 0.313 e. The van der Waals surface area contributed by atoms with Gasteiger partial charge in [0.1, 0.15) is 0 Å². The fourth-order valence-corrected chi connectivity index (χ4v) is 2.02. The molecule has 0 aliphatic carbocycles. The molecule has 7 heteroatoms. The van der Waals surface area contributed by atoms with Crippen LogP contribution in [0.5, 0.6) is 0 Å². The number of anilines is 1. The summed E-state index contributed by atoms with van der Waals surface area (Å²) in [6.07, 6.45) is -0.176. The molecule has 0 aromatic heterocycles. The van der Waals surface area contributed by atoms with Crippen LogP contribution in [0, 0.1) is 5.82 Å². The van der Waals surface area contributed by atoms with Crippen molar-refractivity contribution in [3.63, 3.8) is 0 Å². The number of amides is 2. The molecule has 0 spiro atoms. The monoisotopic (exact) mass is 286 g/mol. The summed E-state index contributed by atoms with van der Waals surface area (Å²) < 4.78 is 13.6. The van der Waals surface area contributed by atoms with Gasteiger partial charge in [-0.1, -0.05) is 17.7 Å². The Kier molecular flexibility index (Phi) is 4.01. The fraction of sp³-hybridized carbons (Fsp3) is 0.333. The minimum absolute atomic E-state index is 0.115. The second-order valence-corrected chi connectivity index (χ2v) is 4.66. The maximum absolute atomic E-state index is 13.6. The highest BCUT2D eigenvalue weighted by Gasteiger charge is 2.29. The summed E-state index contributed by atoms with van der Waals surface area (Å²) in [6.45, 7) is 0.426. The largest absolute Gasteiger partial charge is 0.391 e. The summed E-state index contributed by atoms with van der Waals surface area (Å²) in [6, 6.07) is 4.11. The van der Waals surface area contributed by atoms with Crippen molar-refractivity contribution in [2.45, 2.75) is 12.5 Å². The number of carbonyl (C=O) groups excluding carboxylic acids is 2. The molecule has 1 aromatic carbocycles. The van der Waals surface area contributed by atoms with Crippen LogP contribution in [0.25, 0.3) is 0 Å². The second-order valence-electron chi connectivity index (χ2n) is 4.25. The van der Waals surface area contributed by atoms with Gasteiger partial charge in [0.25, 0.3) is 0 Å². The van der Waals surface area contributed by atoms with Gasteiger partial charge >= 0.3 is 11.8 Å². The van der Waals surface area contributed by atoms with Crippen molar-refractivity contribution in [2.75, 3.05) is 18.4 Å². The minimum Gasteiger partial charge on any atom is -0.391 e. The molecule has 2 N–H and O–H groups in total. The third-order valence-electron chi connectivity index (χ3n) is 2.84. The molecule has 1 aromatic rings. The Morgan fingerprint density at radius 2 is 2.21 bits per heavy atom. The molecule has 0 unspecified atom stereocenters. The minimum atomic E-state index is -0.949. The van der Waals surface area contributed by atoms with Crippen LogP contribution in [0.4, 0.5) is 10.1 Å². The third-order valence-corrected chi connectivity index (χ3v) is 3.14. The van der Waals surface area contributed by atoms with Crippen molar-refractivity contribution in [2.24, 2.45) is 0 Å². The topological polar surface area (TPSA) is 69.6 Å². The quantitative estimate of drug-likeness (QED) is 0.757. The first-order chi connectivity index (χ1) is 8.99. The number of hydrogen-bond donors (Lipinski definition) is 2. The van der Waals surface area contributed by atoms with Gasteiger partial charge in [-0.25, -0.2) is 4.39 Å².